The zero-order valence-corrected chi connectivity index (χ0v) is 17.4. The topological polar surface area (TPSA) is 31.9 Å². The summed E-state index contributed by atoms with van der Waals surface area (Å²) in [4.78, 5) is 9.36. The first-order valence-electron chi connectivity index (χ1n) is 10.4. The van der Waals surface area contributed by atoms with Crippen LogP contribution >= 0.6 is 0 Å². The molecule has 1 aromatic heterocycles. The molecule has 0 radical (unpaired) electrons. The second-order valence-electron chi connectivity index (χ2n) is 8.76. The van der Waals surface area contributed by atoms with E-state index < -0.39 is 6.43 Å². The molecular formula is C24H29F2N3. The fraction of sp³-hybridized carbons (Fsp3) is 0.458. The average molecular weight is 398 g/mol. The van der Waals surface area contributed by atoms with E-state index in [1.807, 2.05) is 12.1 Å². The van der Waals surface area contributed by atoms with Gasteiger partial charge < -0.3 is 9.88 Å². The number of piperidine rings is 1. The van der Waals surface area contributed by atoms with Crippen molar-refractivity contribution < 1.29 is 8.78 Å². The Balaban J connectivity index is 1.45. The summed E-state index contributed by atoms with van der Waals surface area (Å²) in [6, 6.07) is 14.8. The highest BCUT2D eigenvalue weighted by molar-refractivity contribution is 5.76. The highest BCUT2D eigenvalue weighted by Crippen LogP contribution is 2.40. The molecule has 0 aliphatic carbocycles. The summed E-state index contributed by atoms with van der Waals surface area (Å²) in [6.45, 7) is 9.89. The molecule has 0 bridgehead atoms. The molecule has 1 N–H and O–H groups in total. The minimum atomic E-state index is -2.57. The number of aromatic amines is 1. The molecule has 0 amide bonds. The van der Waals surface area contributed by atoms with Crippen molar-refractivity contribution in [3.63, 3.8) is 0 Å². The molecule has 154 valence electrons. The number of halogens is 2. The molecular weight excluding hydrogens is 368 g/mol. The van der Waals surface area contributed by atoms with Crippen molar-refractivity contribution in [3.05, 3.63) is 65.0 Å². The van der Waals surface area contributed by atoms with Crippen LogP contribution in [0.5, 0.6) is 0 Å². The lowest BCUT2D eigenvalue weighted by molar-refractivity contribution is 0.112. The SMILES string of the molecule is Cc1ccc(CCN2CC[C@](C)(c3ccc4[nH]c(C(F)F)nc4c3)[C@@H](C)C2)cc1. The van der Waals surface area contributed by atoms with Crippen LogP contribution < -0.4 is 0 Å². The number of fused-ring (bicyclic) bond motifs is 1. The van der Waals surface area contributed by atoms with Crippen molar-refractivity contribution in [3.8, 4) is 0 Å². The van der Waals surface area contributed by atoms with Gasteiger partial charge in [-0.1, -0.05) is 49.7 Å². The van der Waals surface area contributed by atoms with Crippen LogP contribution in [0, 0.1) is 12.8 Å². The Morgan fingerprint density at radius 1 is 1.21 bits per heavy atom. The van der Waals surface area contributed by atoms with Crippen LogP contribution in [0.25, 0.3) is 11.0 Å². The molecule has 0 unspecified atom stereocenters. The van der Waals surface area contributed by atoms with Gasteiger partial charge in [0.1, 0.15) is 0 Å². The van der Waals surface area contributed by atoms with E-state index in [9.17, 15) is 8.78 Å². The Hall–Kier alpha value is -2.27. The van der Waals surface area contributed by atoms with Crippen molar-refractivity contribution in [1.82, 2.24) is 14.9 Å². The van der Waals surface area contributed by atoms with Gasteiger partial charge in [-0.3, -0.25) is 0 Å². The van der Waals surface area contributed by atoms with Crippen molar-refractivity contribution >= 4 is 11.0 Å². The number of aromatic nitrogens is 2. The lowest BCUT2D eigenvalue weighted by Gasteiger charge is -2.45. The van der Waals surface area contributed by atoms with E-state index in [1.165, 1.54) is 16.7 Å². The Labute approximate surface area is 171 Å². The summed E-state index contributed by atoms with van der Waals surface area (Å²) in [7, 11) is 0. The van der Waals surface area contributed by atoms with E-state index >= 15 is 0 Å². The van der Waals surface area contributed by atoms with Gasteiger partial charge in [0.15, 0.2) is 5.82 Å². The predicted octanol–water partition coefficient (Wildman–Crippen LogP) is 5.65. The normalized spacial score (nSPS) is 23.2. The Morgan fingerprint density at radius 3 is 2.66 bits per heavy atom. The number of nitrogens with one attached hydrogen (secondary N) is 1. The first kappa shape index (κ1) is 20.0. The number of imidazole rings is 1. The summed E-state index contributed by atoms with van der Waals surface area (Å²) in [5.74, 6) is 0.224. The largest absolute Gasteiger partial charge is 0.337 e. The maximum atomic E-state index is 13.0. The van der Waals surface area contributed by atoms with Crippen LogP contribution in [0.3, 0.4) is 0 Å². The van der Waals surface area contributed by atoms with Crippen LogP contribution in [0.15, 0.2) is 42.5 Å². The van der Waals surface area contributed by atoms with Crippen LogP contribution in [0.4, 0.5) is 8.78 Å². The van der Waals surface area contributed by atoms with E-state index in [2.05, 4.69) is 66.0 Å². The van der Waals surface area contributed by atoms with Crippen molar-refractivity contribution in [1.29, 1.82) is 0 Å². The zero-order chi connectivity index (χ0) is 20.6. The quantitative estimate of drug-likeness (QED) is 0.603. The third kappa shape index (κ3) is 4.06. The number of rotatable bonds is 5. The van der Waals surface area contributed by atoms with Crippen LogP contribution in [-0.4, -0.2) is 34.5 Å². The van der Waals surface area contributed by atoms with Crippen molar-refractivity contribution in [2.45, 2.75) is 45.5 Å². The third-order valence-corrected chi connectivity index (χ3v) is 6.77. The fourth-order valence-electron chi connectivity index (χ4n) is 4.47. The summed E-state index contributed by atoms with van der Waals surface area (Å²) in [6.07, 6.45) is -0.448. The van der Waals surface area contributed by atoms with Gasteiger partial charge in [-0.15, -0.1) is 0 Å². The van der Waals surface area contributed by atoms with E-state index in [1.54, 1.807) is 0 Å². The van der Waals surface area contributed by atoms with Crippen LogP contribution in [0.2, 0.25) is 0 Å². The van der Waals surface area contributed by atoms with E-state index in [-0.39, 0.29) is 11.2 Å². The molecule has 1 fully saturated rings. The molecule has 1 aliphatic heterocycles. The molecule has 3 aromatic rings. The number of hydrogen-bond donors (Lipinski definition) is 1. The Bertz CT molecular complexity index is 979. The maximum absolute atomic E-state index is 13.0. The van der Waals surface area contributed by atoms with Crippen molar-refractivity contribution in [2.24, 2.45) is 5.92 Å². The summed E-state index contributed by atoms with van der Waals surface area (Å²) >= 11 is 0. The molecule has 5 heteroatoms. The highest BCUT2D eigenvalue weighted by atomic mass is 19.3. The number of H-pyrrole nitrogens is 1. The molecule has 4 rings (SSSR count). The first-order valence-corrected chi connectivity index (χ1v) is 10.4. The van der Waals surface area contributed by atoms with Gasteiger partial charge in [-0.2, -0.15) is 0 Å². The summed E-state index contributed by atoms with van der Waals surface area (Å²) in [5, 5.41) is 0. The summed E-state index contributed by atoms with van der Waals surface area (Å²) < 4.78 is 25.9. The van der Waals surface area contributed by atoms with Crippen molar-refractivity contribution in [2.75, 3.05) is 19.6 Å². The van der Waals surface area contributed by atoms with E-state index in [0.717, 1.165) is 32.5 Å². The lowest BCUT2D eigenvalue weighted by atomic mass is 9.68. The van der Waals surface area contributed by atoms with Gasteiger partial charge in [-0.05, 0) is 60.9 Å². The monoisotopic (exact) mass is 397 g/mol. The molecule has 2 atom stereocenters. The number of likely N-dealkylation sites (tertiary alicyclic amines) is 1. The van der Waals surface area contributed by atoms with E-state index in [4.69, 9.17) is 0 Å². The fourth-order valence-corrected chi connectivity index (χ4v) is 4.47. The second kappa shape index (κ2) is 7.86. The van der Waals surface area contributed by atoms with Crippen LogP contribution in [0.1, 0.15) is 49.2 Å². The van der Waals surface area contributed by atoms with Gasteiger partial charge in [0.2, 0.25) is 0 Å². The van der Waals surface area contributed by atoms with Gasteiger partial charge in [0.25, 0.3) is 6.43 Å². The minimum absolute atomic E-state index is 0.0263. The number of hydrogen-bond acceptors (Lipinski definition) is 2. The number of alkyl halides is 2. The standard InChI is InChI=1S/C24H29F2N3/c1-16-4-6-18(7-5-16)10-12-29-13-11-24(3,17(2)15-29)19-8-9-20-21(14-19)28-23(27-20)22(25)26/h4-9,14,17,22H,10-13,15H2,1-3H3,(H,27,28)/t17-,24-/m0/s1. The van der Waals surface area contributed by atoms with Gasteiger partial charge in [-0.25, -0.2) is 13.8 Å². The third-order valence-electron chi connectivity index (χ3n) is 6.77. The molecule has 2 heterocycles. The van der Waals surface area contributed by atoms with Gasteiger partial charge in [0, 0.05) is 13.1 Å². The number of benzene rings is 2. The zero-order valence-electron chi connectivity index (χ0n) is 17.4. The molecule has 1 aliphatic rings. The highest BCUT2D eigenvalue weighted by Gasteiger charge is 2.38. The predicted molar refractivity (Wildman–Crippen MR) is 114 cm³/mol. The Morgan fingerprint density at radius 2 is 1.97 bits per heavy atom. The molecule has 0 saturated carbocycles. The Kier molecular flexibility index (Phi) is 5.43. The van der Waals surface area contributed by atoms with E-state index in [0.29, 0.717) is 17.0 Å². The molecule has 3 nitrogen and oxygen atoms in total. The molecule has 0 spiro atoms. The molecule has 29 heavy (non-hydrogen) atoms. The molecule has 1 saturated heterocycles. The number of nitrogens with zero attached hydrogens (tertiary/aromatic N) is 2. The lowest BCUT2D eigenvalue weighted by Crippen LogP contribution is -2.47. The average Bonchev–Trinajstić information content (AvgIpc) is 3.14. The minimum Gasteiger partial charge on any atom is -0.337 e. The summed E-state index contributed by atoms with van der Waals surface area (Å²) in [5.41, 5.74) is 5.21. The number of aryl methyl sites for hydroxylation is 1. The smallest absolute Gasteiger partial charge is 0.295 e. The van der Waals surface area contributed by atoms with Crippen LogP contribution in [-0.2, 0) is 11.8 Å². The molecule has 2 aromatic carbocycles. The maximum Gasteiger partial charge on any atom is 0.295 e. The van der Waals surface area contributed by atoms with Gasteiger partial charge in [0.05, 0.1) is 11.0 Å². The second-order valence-corrected chi connectivity index (χ2v) is 8.76. The van der Waals surface area contributed by atoms with Gasteiger partial charge >= 0.3 is 0 Å². The first-order chi connectivity index (χ1) is 13.8.